The Hall–Kier alpha value is -3.25. The Bertz CT molecular complexity index is 1410. The molecule has 0 aliphatic heterocycles. The number of nitrogens with one attached hydrogen (secondary N) is 1. The van der Waals surface area contributed by atoms with Crippen molar-refractivity contribution < 1.29 is 27.1 Å². The molecule has 1 amide bonds. The zero-order chi connectivity index (χ0) is 24.5. The molecule has 0 atom stereocenters. The average molecular weight is 501 g/mol. The smallest absolute Gasteiger partial charge is 0.425 e. The molecule has 0 aliphatic carbocycles. The molecule has 13 heteroatoms. The number of amides is 1. The van der Waals surface area contributed by atoms with Gasteiger partial charge in [-0.15, -0.1) is 0 Å². The molecule has 2 aromatic carbocycles. The molecule has 0 fully saturated rings. The summed E-state index contributed by atoms with van der Waals surface area (Å²) in [5.74, 6) is -1.68. The van der Waals surface area contributed by atoms with Crippen molar-refractivity contribution in [2.45, 2.75) is 13.3 Å². The van der Waals surface area contributed by atoms with Gasteiger partial charge in [-0.25, -0.2) is 22.6 Å². The largest absolute Gasteiger partial charge is 0.464 e. The van der Waals surface area contributed by atoms with Gasteiger partial charge in [0.2, 0.25) is 10.0 Å². The Labute approximate surface area is 192 Å². The first-order valence-electron chi connectivity index (χ1n) is 9.51. The van der Waals surface area contributed by atoms with Crippen molar-refractivity contribution in [2.75, 3.05) is 22.0 Å². The normalized spacial score (nSPS) is 11.5. The van der Waals surface area contributed by atoms with Crippen LogP contribution in [0.1, 0.15) is 12.0 Å². The Morgan fingerprint density at radius 2 is 2.00 bits per heavy atom. The van der Waals surface area contributed by atoms with Gasteiger partial charge < -0.3 is 15.0 Å². The number of halogens is 3. The van der Waals surface area contributed by atoms with Crippen LogP contribution in [0.3, 0.4) is 0 Å². The van der Waals surface area contributed by atoms with Gasteiger partial charge in [0, 0.05) is 12.7 Å². The number of hydrogen-bond acceptors (Lipinski definition) is 6. The Morgan fingerprint density at radius 1 is 1.30 bits per heavy atom. The van der Waals surface area contributed by atoms with Gasteiger partial charge in [0.05, 0.1) is 46.1 Å². The van der Waals surface area contributed by atoms with Crippen LogP contribution in [-0.2, 0) is 17.1 Å². The van der Waals surface area contributed by atoms with Gasteiger partial charge in [-0.1, -0.05) is 11.6 Å². The molecular formula is C20H19ClF2N4O5S. The van der Waals surface area contributed by atoms with Gasteiger partial charge in [0.1, 0.15) is 5.82 Å². The minimum absolute atomic E-state index is 0.0114. The van der Waals surface area contributed by atoms with E-state index in [9.17, 15) is 31.9 Å². The number of hydrogen-bond donors (Lipinski definition) is 2. The Kier molecular flexibility index (Phi) is 6.89. The number of rotatable bonds is 7. The van der Waals surface area contributed by atoms with E-state index in [1.165, 1.54) is 30.1 Å². The average Bonchev–Trinajstić information content (AvgIpc) is 2.75. The van der Waals surface area contributed by atoms with Crippen LogP contribution in [0, 0.1) is 12.7 Å². The molecule has 3 rings (SSSR count). The molecule has 0 unspecified atom stereocenters. The van der Waals surface area contributed by atoms with E-state index in [1.54, 1.807) is 6.92 Å². The van der Waals surface area contributed by atoms with E-state index in [-0.39, 0.29) is 20.9 Å². The standard InChI is InChI=1S/C20H19ClF2N4O5S/c1-11-13(5-6-14-16(11)19(28)26(2)10-24-14)25-18-12(23)4-7-15(17(18)21)27(20(29)30)33(31,32)9-3-8-22/h4-7,10,25H,3,8-9H2,1-2H3,(H,29,30). The lowest BCUT2D eigenvalue weighted by atomic mass is 10.1. The number of alkyl halides is 1. The van der Waals surface area contributed by atoms with Crippen LogP contribution in [0.25, 0.3) is 10.9 Å². The lowest BCUT2D eigenvalue weighted by Gasteiger charge is -2.22. The van der Waals surface area contributed by atoms with Gasteiger partial charge in [0.15, 0.2) is 0 Å². The van der Waals surface area contributed by atoms with Crippen molar-refractivity contribution in [3.63, 3.8) is 0 Å². The summed E-state index contributed by atoms with van der Waals surface area (Å²) in [6, 6.07) is 4.81. The minimum Gasteiger partial charge on any atom is -0.464 e. The van der Waals surface area contributed by atoms with Crippen LogP contribution in [0.2, 0.25) is 5.02 Å². The van der Waals surface area contributed by atoms with Crippen molar-refractivity contribution in [3.05, 3.63) is 57.3 Å². The van der Waals surface area contributed by atoms with Crippen molar-refractivity contribution in [2.24, 2.45) is 7.05 Å². The maximum Gasteiger partial charge on any atom is 0.425 e. The van der Waals surface area contributed by atoms with E-state index >= 15 is 0 Å². The first-order chi connectivity index (χ1) is 15.5. The molecular weight excluding hydrogens is 482 g/mol. The van der Waals surface area contributed by atoms with Gasteiger partial charge in [-0.05, 0) is 43.2 Å². The van der Waals surface area contributed by atoms with Crippen LogP contribution in [0.15, 0.2) is 35.4 Å². The number of nitrogens with zero attached hydrogens (tertiary/aromatic N) is 3. The van der Waals surface area contributed by atoms with E-state index < -0.39 is 57.2 Å². The van der Waals surface area contributed by atoms with Crippen LogP contribution in [0.4, 0.5) is 30.6 Å². The van der Waals surface area contributed by atoms with E-state index in [4.69, 9.17) is 11.6 Å². The highest BCUT2D eigenvalue weighted by molar-refractivity contribution is 7.93. The summed E-state index contributed by atoms with van der Waals surface area (Å²) in [4.78, 5) is 28.4. The van der Waals surface area contributed by atoms with Crippen LogP contribution < -0.4 is 15.2 Å². The number of sulfonamides is 1. The summed E-state index contributed by atoms with van der Waals surface area (Å²) in [6.45, 7) is 0.639. The molecule has 0 saturated carbocycles. The molecule has 33 heavy (non-hydrogen) atoms. The zero-order valence-electron chi connectivity index (χ0n) is 17.5. The quantitative estimate of drug-likeness (QED) is 0.503. The summed E-state index contributed by atoms with van der Waals surface area (Å²) < 4.78 is 53.4. The van der Waals surface area contributed by atoms with Crippen LogP contribution >= 0.6 is 11.6 Å². The number of fused-ring (bicyclic) bond motifs is 1. The number of carbonyl (C=O) groups is 1. The summed E-state index contributed by atoms with van der Waals surface area (Å²) in [7, 11) is -2.98. The molecule has 0 aliphatic rings. The van der Waals surface area contributed by atoms with Gasteiger partial charge in [-0.2, -0.15) is 4.31 Å². The summed E-state index contributed by atoms with van der Waals surface area (Å²) in [5.41, 5.74) is -0.150. The third kappa shape index (κ3) is 4.62. The summed E-state index contributed by atoms with van der Waals surface area (Å²) in [6.07, 6.45) is -0.944. The highest BCUT2D eigenvalue weighted by Gasteiger charge is 2.32. The number of anilines is 3. The van der Waals surface area contributed by atoms with Crippen molar-refractivity contribution in [1.82, 2.24) is 9.55 Å². The monoisotopic (exact) mass is 500 g/mol. The number of benzene rings is 2. The van der Waals surface area contributed by atoms with E-state index in [2.05, 4.69) is 10.3 Å². The zero-order valence-corrected chi connectivity index (χ0v) is 19.0. The maximum absolute atomic E-state index is 14.7. The fraction of sp³-hybridized carbons (Fsp3) is 0.250. The topological polar surface area (TPSA) is 122 Å². The summed E-state index contributed by atoms with van der Waals surface area (Å²) >= 11 is 6.25. The van der Waals surface area contributed by atoms with Crippen molar-refractivity contribution in [1.29, 1.82) is 0 Å². The molecule has 3 aromatic rings. The second-order valence-corrected chi connectivity index (χ2v) is 9.39. The molecule has 0 bridgehead atoms. The van der Waals surface area contributed by atoms with E-state index in [1.807, 2.05) is 0 Å². The Morgan fingerprint density at radius 3 is 2.64 bits per heavy atom. The maximum atomic E-state index is 14.7. The first kappa shape index (κ1) is 24.4. The fourth-order valence-electron chi connectivity index (χ4n) is 3.24. The van der Waals surface area contributed by atoms with Crippen molar-refractivity contribution in [3.8, 4) is 0 Å². The minimum atomic E-state index is -4.50. The number of carboxylic acid groups (broad SMARTS) is 1. The van der Waals surface area contributed by atoms with Gasteiger partial charge in [0.25, 0.3) is 5.56 Å². The molecule has 1 heterocycles. The first-order valence-corrected chi connectivity index (χ1v) is 11.5. The summed E-state index contributed by atoms with van der Waals surface area (Å²) in [5, 5.41) is 12.0. The second kappa shape index (κ2) is 9.32. The van der Waals surface area contributed by atoms with E-state index in [0.717, 1.165) is 12.1 Å². The van der Waals surface area contributed by atoms with E-state index in [0.29, 0.717) is 11.1 Å². The third-order valence-corrected chi connectivity index (χ3v) is 6.98. The molecule has 0 radical (unpaired) electrons. The molecule has 2 N–H and O–H groups in total. The molecule has 0 spiro atoms. The molecule has 9 nitrogen and oxygen atoms in total. The predicted octanol–water partition coefficient (Wildman–Crippen LogP) is 3.95. The molecule has 0 saturated heterocycles. The lowest BCUT2D eigenvalue weighted by Crippen LogP contribution is -2.38. The molecule has 176 valence electrons. The number of aromatic nitrogens is 2. The number of aryl methyl sites for hydroxylation is 2. The molecule has 1 aromatic heterocycles. The van der Waals surface area contributed by atoms with Crippen LogP contribution in [0.5, 0.6) is 0 Å². The third-order valence-electron chi connectivity index (χ3n) is 4.88. The van der Waals surface area contributed by atoms with Gasteiger partial charge in [-0.3, -0.25) is 9.18 Å². The fourth-order valence-corrected chi connectivity index (χ4v) is 4.92. The van der Waals surface area contributed by atoms with Crippen LogP contribution in [-0.4, -0.2) is 41.6 Å². The lowest BCUT2D eigenvalue weighted by molar-refractivity contribution is 0.206. The predicted molar refractivity (Wildman–Crippen MR) is 121 cm³/mol. The highest BCUT2D eigenvalue weighted by atomic mass is 35.5. The SMILES string of the molecule is Cc1c(Nc2c(F)ccc(N(C(=O)O)S(=O)(=O)CCCF)c2Cl)ccc2ncn(C)c(=O)c12. The van der Waals surface area contributed by atoms with Crippen molar-refractivity contribution >= 4 is 55.7 Å². The van der Waals surface area contributed by atoms with Gasteiger partial charge >= 0.3 is 6.09 Å². The highest BCUT2D eigenvalue weighted by Crippen LogP contribution is 2.39. The Balaban J connectivity index is 2.14. The second-order valence-electron chi connectivity index (χ2n) is 7.08.